The van der Waals surface area contributed by atoms with Crippen molar-refractivity contribution >= 4 is 39.1 Å². The van der Waals surface area contributed by atoms with Gasteiger partial charge in [-0.3, -0.25) is 14.5 Å². The van der Waals surface area contributed by atoms with Crippen molar-refractivity contribution in [3.63, 3.8) is 0 Å². The average molecular weight is 394 g/mol. The smallest absolute Gasteiger partial charge is 0.248 e. The maximum atomic E-state index is 12.6. The lowest BCUT2D eigenvalue weighted by atomic mass is 10.0. The lowest BCUT2D eigenvalue weighted by Gasteiger charge is -2.33. The molecular formula is C21H22N4O2S. The maximum Gasteiger partial charge on any atom is 0.248 e. The number of fused-ring (bicyclic) bond motifs is 1. The fourth-order valence-electron chi connectivity index (χ4n) is 3.60. The Bertz CT molecular complexity index is 966. The third kappa shape index (κ3) is 4.05. The first-order valence-corrected chi connectivity index (χ1v) is 10.2. The van der Waals surface area contributed by atoms with Crippen LogP contribution in [0.1, 0.15) is 40.7 Å². The van der Waals surface area contributed by atoms with E-state index >= 15 is 0 Å². The topological polar surface area (TPSA) is 88.3 Å². The average Bonchev–Trinajstić information content (AvgIpc) is 3.12. The number of piperidine rings is 1. The van der Waals surface area contributed by atoms with Gasteiger partial charge in [0.05, 0.1) is 22.8 Å². The largest absolute Gasteiger partial charge is 0.366 e. The van der Waals surface area contributed by atoms with Crippen LogP contribution in [0.2, 0.25) is 0 Å². The number of primary amides is 1. The number of amides is 2. The molecule has 2 amide bonds. The molecule has 1 aliphatic heterocycles. The minimum absolute atomic E-state index is 0.0696. The van der Waals surface area contributed by atoms with Crippen molar-refractivity contribution in [2.45, 2.75) is 25.3 Å². The second-order valence-electron chi connectivity index (χ2n) is 6.99. The first-order chi connectivity index (χ1) is 13.6. The summed E-state index contributed by atoms with van der Waals surface area (Å²) >= 11 is 1.71. The highest BCUT2D eigenvalue weighted by Crippen LogP contribution is 2.35. The number of nitrogens with two attached hydrogens (primary N) is 1. The zero-order chi connectivity index (χ0) is 19.5. The van der Waals surface area contributed by atoms with Crippen LogP contribution in [0.25, 0.3) is 10.2 Å². The summed E-state index contributed by atoms with van der Waals surface area (Å²) in [6.45, 7) is 1.20. The molecule has 2 heterocycles. The minimum Gasteiger partial charge on any atom is -0.366 e. The number of likely N-dealkylation sites (tertiary alicyclic amines) is 1. The maximum absolute atomic E-state index is 12.6. The highest BCUT2D eigenvalue weighted by molar-refractivity contribution is 7.18. The van der Waals surface area contributed by atoms with Crippen LogP contribution in [0, 0.1) is 0 Å². The molecule has 6 nitrogen and oxygen atoms in total. The molecule has 3 aromatic rings. The molecule has 2 aromatic carbocycles. The molecule has 3 N–H and O–H groups in total. The fourth-order valence-corrected chi connectivity index (χ4v) is 4.73. The van der Waals surface area contributed by atoms with E-state index in [-0.39, 0.29) is 11.9 Å². The molecule has 1 aromatic heterocycles. The van der Waals surface area contributed by atoms with Crippen LogP contribution in [-0.4, -0.2) is 34.8 Å². The highest BCUT2D eigenvalue weighted by Gasteiger charge is 2.28. The Hall–Kier alpha value is -2.77. The number of rotatable bonds is 5. The van der Waals surface area contributed by atoms with E-state index in [4.69, 9.17) is 10.7 Å². The Morgan fingerprint density at radius 2 is 1.93 bits per heavy atom. The molecule has 0 unspecified atom stereocenters. The zero-order valence-electron chi connectivity index (χ0n) is 15.4. The van der Waals surface area contributed by atoms with Crippen molar-refractivity contribution in [3.05, 3.63) is 59.1 Å². The third-order valence-corrected chi connectivity index (χ3v) is 6.15. The van der Waals surface area contributed by atoms with Crippen molar-refractivity contribution < 1.29 is 9.59 Å². The Morgan fingerprint density at radius 3 is 2.68 bits per heavy atom. The van der Waals surface area contributed by atoms with Gasteiger partial charge in [0.1, 0.15) is 5.01 Å². The van der Waals surface area contributed by atoms with Gasteiger partial charge in [-0.15, -0.1) is 11.3 Å². The Kier molecular flexibility index (Phi) is 5.36. The molecule has 1 fully saturated rings. The summed E-state index contributed by atoms with van der Waals surface area (Å²) in [5.74, 6) is -0.551. The molecule has 0 aliphatic carbocycles. The van der Waals surface area contributed by atoms with Gasteiger partial charge in [0.25, 0.3) is 0 Å². The van der Waals surface area contributed by atoms with Gasteiger partial charge in [0.2, 0.25) is 11.8 Å². The van der Waals surface area contributed by atoms with E-state index in [0.29, 0.717) is 17.8 Å². The molecule has 28 heavy (non-hydrogen) atoms. The number of aromatic nitrogens is 1. The summed E-state index contributed by atoms with van der Waals surface area (Å²) in [6, 6.07) is 14.9. The van der Waals surface area contributed by atoms with Crippen molar-refractivity contribution in [1.82, 2.24) is 9.88 Å². The van der Waals surface area contributed by atoms with Gasteiger partial charge in [0.15, 0.2) is 0 Å². The quantitative estimate of drug-likeness (QED) is 0.692. The van der Waals surface area contributed by atoms with E-state index in [1.54, 1.807) is 35.6 Å². The second-order valence-corrected chi connectivity index (χ2v) is 8.05. The van der Waals surface area contributed by atoms with Crippen molar-refractivity contribution in [2.75, 3.05) is 18.4 Å². The van der Waals surface area contributed by atoms with Gasteiger partial charge in [-0.05, 0) is 55.8 Å². The number of para-hydroxylation sites is 1. The number of nitrogens with one attached hydrogen (secondary N) is 1. The summed E-state index contributed by atoms with van der Waals surface area (Å²) in [5.41, 5.74) is 7.35. The van der Waals surface area contributed by atoms with E-state index in [1.807, 2.05) is 18.2 Å². The number of benzene rings is 2. The molecule has 0 spiro atoms. The molecular weight excluding hydrogens is 372 g/mol. The van der Waals surface area contributed by atoms with Crippen LogP contribution in [0.5, 0.6) is 0 Å². The van der Waals surface area contributed by atoms with Gasteiger partial charge in [-0.2, -0.15) is 0 Å². The van der Waals surface area contributed by atoms with Crippen LogP contribution in [-0.2, 0) is 4.79 Å². The number of hydrogen-bond acceptors (Lipinski definition) is 5. The number of anilines is 1. The molecule has 0 saturated carbocycles. The van der Waals surface area contributed by atoms with E-state index in [2.05, 4.69) is 16.3 Å². The monoisotopic (exact) mass is 394 g/mol. The Labute approximate surface area is 167 Å². The summed E-state index contributed by atoms with van der Waals surface area (Å²) < 4.78 is 1.18. The molecule has 4 rings (SSSR count). The SMILES string of the molecule is NC(=O)c1ccc(NC(=O)CN2CCCC[C@H]2c2nc3ccccc3s2)cc1. The van der Waals surface area contributed by atoms with Gasteiger partial charge in [0, 0.05) is 11.3 Å². The van der Waals surface area contributed by atoms with Crippen LogP contribution >= 0.6 is 11.3 Å². The third-order valence-electron chi connectivity index (χ3n) is 5.01. The van der Waals surface area contributed by atoms with Crippen LogP contribution in [0.15, 0.2) is 48.5 Å². The lowest BCUT2D eigenvalue weighted by Crippen LogP contribution is -2.39. The van der Waals surface area contributed by atoms with Crippen LogP contribution in [0.4, 0.5) is 5.69 Å². The zero-order valence-corrected chi connectivity index (χ0v) is 16.2. The molecule has 7 heteroatoms. The number of carbonyl (C=O) groups excluding carboxylic acids is 2. The Balaban J connectivity index is 1.45. The summed E-state index contributed by atoms with van der Waals surface area (Å²) in [5, 5.41) is 3.99. The van der Waals surface area contributed by atoms with Crippen molar-refractivity contribution in [2.24, 2.45) is 5.73 Å². The molecule has 0 radical (unpaired) electrons. The predicted octanol–water partition coefficient (Wildman–Crippen LogP) is 3.56. The van der Waals surface area contributed by atoms with Gasteiger partial charge >= 0.3 is 0 Å². The fraction of sp³-hybridized carbons (Fsp3) is 0.286. The number of nitrogens with zero attached hydrogens (tertiary/aromatic N) is 2. The molecule has 1 saturated heterocycles. The molecule has 1 aliphatic rings. The first kappa shape index (κ1) is 18.6. The number of thiazole rings is 1. The van der Waals surface area contributed by atoms with Gasteiger partial charge in [-0.25, -0.2) is 4.98 Å². The van der Waals surface area contributed by atoms with Gasteiger partial charge in [-0.1, -0.05) is 18.6 Å². The summed E-state index contributed by atoms with van der Waals surface area (Å²) in [6.07, 6.45) is 3.25. The predicted molar refractivity (Wildman–Crippen MR) is 111 cm³/mol. The molecule has 0 bridgehead atoms. The van der Waals surface area contributed by atoms with E-state index in [0.717, 1.165) is 36.3 Å². The van der Waals surface area contributed by atoms with Gasteiger partial charge < -0.3 is 11.1 Å². The first-order valence-electron chi connectivity index (χ1n) is 9.39. The summed E-state index contributed by atoms with van der Waals surface area (Å²) in [4.78, 5) is 30.8. The van der Waals surface area contributed by atoms with Crippen LogP contribution in [0.3, 0.4) is 0 Å². The van der Waals surface area contributed by atoms with E-state index in [9.17, 15) is 9.59 Å². The molecule has 1 atom stereocenters. The van der Waals surface area contributed by atoms with Crippen LogP contribution < -0.4 is 11.1 Å². The normalized spacial score (nSPS) is 17.5. The second kappa shape index (κ2) is 8.08. The number of hydrogen-bond donors (Lipinski definition) is 2. The molecule has 144 valence electrons. The van der Waals surface area contributed by atoms with E-state index in [1.165, 1.54) is 4.70 Å². The highest BCUT2D eigenvalue weighted by atomic mass is 32.1. The minimum atomic E-state index is -0.482. The number of carbonyl (C=O) groups is 2. The standard InChI is InChI=1S/C21H22N4O2S/c22-20(27)14-8-10-15(11-9-14)23-19(26)13-25-12-4-3-6-17(25)21-24-16-5-1-2-7-18(16)28-21/h1-2,5,7-11,17H,3-4,6,12-13H2,(H2,22,27)(H,23,26)/t17-/m0/s1. The summed E-state index contributed by atoms with van der Waals surface area (Å²) in [7, 11) is 0. The Morgan fingerprint density at radius 1 is 1.14 bits per heavy atom. The lowest BCUT2D eigenvalue weighted by molar-refractivity contribution is -0.118. The van der Waals surface area contributed by atoms with Crippen molar-refractivity contribution in [3.8, 4) is 0 Å². The van der Waals surface area contributed by atoms with E-state index < -0.39 is 5.91 Å². The van der Waals surface area contributed by atoms with Crippen molar-refractivity contribution in [1.29, 1.82) is 0 Å².